The summed E-state index contributed by atoms with van der Waals surface area (Å²) in [6.45, 7) is 0.323. The van der Waals surface area contributed by atoms with Crippen LogP contribution in [-0.2, 0) is 15.6 Å². The zero-order valence-corrected chi connectivity index (χ0v) is 23.8. The highest BCUT2D eigenvalue weighted by atomic mass is 32.2. The first-order chi connectivity index (χ1) is 19.5. The maximum absolute atomic E-state index is 12.8. The Balaban J connectivity index is 1.45. The van der Waals surface area contributed by atoms with Crippen LogP contribution >= 0.6 is 0 Å². The number of alkyl halides is 1. The number of ether oxygens (including phenoxy) is 1. The van der Waals surface area contributed by atoms with Gasteiger partial charge in [0.15, 0.2) is 0 Å². The van der Waals surface area contributed by atoms with Crippen molar-refractivity contribution in [1.82, 2.24) is 19.5 Å². The first kappa shape index (κ1) is 28.7. The fourth-order valence-corrected chi connectivity index (χ4v) is 5.65. The molecule has 1 aliphatic rings. The summed E-state index contributed by atoms with van der Waals surface area (Å²) in [4.78, 5) is 6.20. The van der Waals surface area contributed by atoms with Crippen LogP contribution in [0.2, 0.25) is 0 Å². The lowest BCUT2D eigenvalue weighted by atomic mass is 9.82. The number of benzene rings is 2. The molecular weight excluding hydrogens is 551 g/mol. The number of nitrogens with one attached hydrogen (secondary N) is 1. The zero-order valence-electron chi connectivity index (χ0n) is 23.0. The molecule has 0 saturated carbocycles. The Labute approximate surface area is 237 Å². The summed E-state index contributed by atoms with van der Waals surface area (Å²) in [5, 5.41) is 29.9. The SMILES string of the molecule is COc1cc(C2(O)CCN(CCF)CC2O)ccc1Nc1ncc2ccc(-c3ccccc3N(C)S(C)(=O)=O)n2n1. The minimum Gasteiger partial charge on any atom is -0.495 e. The van der Waals surface area contributed by atoms with Crippen molar-refractivity contribution in [1.29, 1.82) is 0 Å². The lowest BCUT2D eigenvalue weighted by molar-refractivity contribution is -0.125. The highest BCUT2D eigenvalue weighted by Gasteiger charge is 2.42. The van der Waals surface area contributed by atoms with E-state index in [2.05, 4.69) is 15.4 Å². The topological polar surface area (TPSA) is 133 Å². The highest BCUT2D eigenvalue weighted by molar-refractivity contribution is 7.92. The molecule has 1 aliphatic heterocycles. The van der Waals surface area contributed by atoms with Gasteiger partial charge in [-0.3, -0.25) is 9.21 Å². The molecule has 41 heavy (non-hydrogen) atoms. The molecule has 4 aromatic rings. The Kier molecular flexibility index (Phi) is 7.88. The summed E-state index contributed by atoms with van der Waals surface area (Å²) >= 11 is 0. The summed E-state index contributed by atoms with van der Waals surface area (Å²) in [6, 6.07) is 15.9. The van der Waals surface area contributed by atoms with Crippen molar-refractivity contribution in [2.24, 2.45) is 0 Å². The number of aliphatic hydroxyl groups is 2. The monoisotopic (exact) mass is 584 g/mol. The minimum absolute atomic E-state index is 0.166. The predicted molar refractivity (Wildman–Crippen MR) is 155 cm³/mol. The van der Waals surface area contributed by atoms with Crippen molar-refractivity contribution < 1.29 is 27.8 Å². The van der Waals surface area contributed by atoms with Crippen molar-refractivity contribution in [3.63, 3.8) is 0 Å². The Morgan fingerprint density at radius 3 is 2.71 bits per heavy atom. The molecular formula is C28H33FN6O5S. The first-order valence-electron chi connectivity index (χ1n) is 13.1. The fourth-order valence-electron chi connectivity index (χ4n) is 5.13. The molecule has 218 valence electrons. The van der Waals surface area contributed by atoms with E-state index in [0.717, 1.165) is 6.26 Å². The van der Waals surface area contributed by atoms with E-state index in [-0.39, 0.29) is 25.5 Å². The molecule has 0 aliphatic carbocycles. The molecule has 13 heteroatoms. The van der Waals surface area contributed by atoms with Crippen molar-refractivity contribution >= 4 is 32.9 Å². The van der Waals surface area contributed by atoms with Crippen LogP contribution in [0.5, 0.6) is 5.75 Å². The fraction of sp³-hybridized carbons (Fsp3) is 0.357. The maximum atomic E-state index is 12.8. The van der Waals surface area contributed by atoms with Gasteiger partial charge >= 0.3 is 0 Å². The van der Waals surface area contributed by atoms with Crippen LogP contribution in [0.15, 0.2) is 60.8 Å². The molecule has 1 saturated heterocycles. The van der Waals surface area contributed by atoms with Crippen LogP contribution in [0.3, 0.4) is 0 Å². The number of hydrogen-bond donors (Lipinski definition) is 3. The second-order valence-electron chi connectivity index (χ2n) is 10.1. The van der Waals surface area contributed by atoms with Crippen molar-refractivity contribution in [2.75, 3.05) is 56.3 Å². The second kappa shape index (κ2) is 11.2. The number of piperidine rings is 1. The zero-order chi connectivity index (χ0) is 29.4. The Bertz CT molecular complexity index is 1660. The largest absolute Gasteiger partial charge is 0.495 e. The molecule has 11 nitrogen and oxygen atoms in total. The number of β-amino-alcohol motifs (C(OH)–C–C–N with tert-alkyl or cyclic N) is 1. The summed E-state index contributed by atoms with van der Waals surface area (Å²) in [6.07, 6.45) is 1.95. The standard InChI is InChI=1S/C28H33FN6O5S/c1-33(41(3,38)39)23-7-5-4-6-21(23)24-11-9-20-17-30-27(32-35(20)24)31-22-10-8-19(16-25(22)40-2)28(37)12-14-34(15-13-29)18-26(28)36/h4-11,16-17,26,36-37H,12-15,18H2,1-3H3,(H,31,32). The quantitative estimate of drug-likeness (QED) is 0.272. The van der Waals surface area contributed by atoms with E-state index in [1.54, 1.807) is 45.9 Å². The molecule has 2 aromatic heterocycles. The number of halogens is 1. The minimum atomic E-state index is -3.49. The molecule has 2 aromatic carbocycles. The Hall–Kier alpha value is -3.78. The van der Waals surface area contributed by atoms with Crippen molar-refractivity contribution in [3.8, 4) is 17.0 Å². The summed E-state index contributed by atoms with van der Waals surface area (Å²) in [5.74, 6) is 0.666. The number of sulfonamides is 1. The van der Waals surface area contributed by atoms with Crippen molar-refractivity contribution in [3.05, 3.63) is 66.4 Å². The molecule has 3 heterocycles. The van der Waals surface area contributed by atoms with E-state index in [9.17, 15) is 23.0 Å². The lowest BCUT2D eigenvalue weighted by Crippen LogP contribution is -2.53. The Morgan fingerprint density at radius 2 is 2.00 bits per heavy atom. The van der Waals surface area contributed by atoms with E-state index >= 15 is 0 Å². The number of likely N-dealkylation sites (tertiary alicyclic amines) is 1. The molecule has 0 radical (unpaired) electrons. The van der Waals surface area contributed by atoms with Gasteiger partial charge in [0.2, 0.25) is 16.0 Å². The van der Waals surface area contributed by atoms with Crippen LogP contribution in [0.4, 0.5) is 21.7 Å². The van der Waals surface area contributed by atoms with Gasteiger partial charge < -0.3 is 20.3 Å². The number of nitrogens with zero attached hydrogens (tertiary/aromatic N) is 5. The average molecular weight is 585 g/mol. The third kappa shape index (κ3) is 5.58. The number of anilines is 3. The molecule has 5 rings (SSSR count). The number of fused-ring (bicyclic) bond motifs is 1. The molecule has 0 bridgehead atoms. The third-order valence-corrected chi connectivity index (χ3v) is 8.75. The maximum Gasteiger partial charge on any atom is 0.245 e. The van der Waals surface area contributed by atoms with Gasteiger partial charge in [0.1, 0.15) is 18.0 Å². The summed E-state index contributed by atoms with van der Waals surface area (Å²) < 4.78 is 45.8. The molecule has 2 unspecified atom stereocenters. The number of hydrogen-bond acceptors (Lipinski definition) is 9. The van der Waals surface area contributed by atoms with E-state index in [1.807, 2.05) is 24.3 Å². The van der Waals surface area contributed by atoms with Gasteiger partial charge in [-0.05, 0) is 42.3 Å². The number of aromatic nitrogens is 3. The lowest BCUT2D eigenvalue weighted by Gasteiger charge is -2.42. The number of para-hydroxylation sites is 1. The second-order valence-corrected chi connectivity index (χ2v) is 12.1. The predicted octanol–water partition coefficient (Wildman–Crippen LogP) is 2.77. The van der Waals surface area contributed by atoms with E-state index in [0.29, 0.717) is 46.0 Å². The molecule has 0 amide bonds. The van der Waals surface area contributed by atoms with Gasteiger partial charge in [0, 0.05) is 32.2 Å². The van der Waals surface area contributed by atoms with Gasteiger partial charge in [0.05, 0.1) is 48.3 Å². The number of rotatable bonds is 9. The van der Waals surface area contributed by atoms with E-state index < -0.39 is 28.4 Å². The highest BCUT2D eigenvalue weighted by Crippen LogP contribution is 2.38. The van der Waals surface area contributed by atoms with E-state index in [1.165, 1.54) is 18.5 Å². The molecule has 0 spiro atoms. The van der Waals surface area contributed by atoms with Crippen LogP contribution < -0.4 is 14.4 Å². The summed E-state index contributed by atoms with van der Waals surface area (Å²) in [7, 11) is -0.488. The first-order valence-corrected chi connectivity index (χ1v) is 14.9. The van der Waals surface area contributed by atoms with Gasteiger partial charge in [0.25, 0.3) is 0 Å². The third-order valence-electron chi connectivity index (χ3n) is 7.56. The molecule has 3 N–H and O–H groups in total. The van der Waals surface area contributed by atoms with Crippen molar-refractivity contribution in [2.45, 2.75) is 18.1 Å². The van der Waals surface area contributed by atoms with E-state index in [4.69, 9.17) is 4.74 Å². The smallest absolute Gasteiger partial charge is 0.245 e. The van der Waals surface area contributed by atoms with Gasteiger partial charge in [-0.25, -0.2) is 22.3 Å². The number of methoxy groups -OCH3 is 1. The molecule has 1 fully saturated rings. The van der Waals surface area contributed by atoms with Crippen LogP contribution in [0.1, 0.15) is 12.0 Å². The van der Waals surface area contributed by atoms with Gasteiger partial charge in [-0.2, -0.15) is 0 Å². The van der Waals surface area contributed by atoms with Crippen LogP contribution in [-0.4, -0.2) is 91.0 Å². The van der Waals surface area contributed by atoms with Gasteiger partial charge in [-0.15, -0.1) is 5.10 Å². The normalized spacial score (nSPS) is 19.8. The Morgan fingerprint density at radius 1 is 1.22 bits per heavy atom. The average Bonchev–Trinajstić information content (AvgIpc) is 3.37. The molecule has 2 atom stereocenters. The summed E-state index contributed by atoms with van der Waals surface area (Å²) in [5.41, 5.74) is 2.10. The number of aliphatic hydroxyl groups excluding tert-OH is 1. The van der Waals surface area contributed by atoms with Gasteiger partial charge in [-0.1, -0.05) is 24.3 Å². The van der Waals surface area contributed by atoms with Crippen LogP contribution in [0.25, 0.3) is 16.8 Å². The van der Waals surface area contributed by atoms with Crippen LogP contribution in [0, 0.1) is 0 Å².